The molecule has 0 aliphatic carbocycles. The van der Waals surface area contributed by atoms with Gasteiger partial charge in [0.25, 0.3) is 0 Å². The number of hydrogen-bond acceptors (Lipinski definition) is 3. The van der Waals surface area contributed by atoms with Crippen LogP contribution in [0, 0.1) is 0 Å². The number of rotatable bonds is 9. The summed E-state index contributed by atoms with van der Waals surface area (Å²) in [7, 11) is 1.87. The Morgan fingerprint density at radius 1 is 1.16 bits per heavy atom. The summed E-state index contributed by atoms with van der Waals surface area (Å²) in [6.45, 7) is 4.63. The molecule has 0 aliphatic heterocycles. The molecule has 0 radical (unpaired) electrons. The van der Waals surface area contributed by atoms with Crippen LogP contribution in [0.1, 0.15) is 25.3 Å². The molecule has 0 saturated heterocycles. The molecular weight excluding hydrogens is 285 g/mol. The Kier molecular flexibility index (Phi) is 8.22. The van der Waals surface area contributed by atoms with Gasteiger partial charge >= 0.3 is 0 Å². The molecule has 0 atom stereocenters. The van der Waals surface area contributed by atoms with Crippen molar-refractivity contribution in [1.29, 1.82) is 0 Å². The van der Waals surface area contributed by atoms with Gasteiger partial charge in [-0.1, -0.05) is 36.5 Å². The van der Waals surface area contributed by atoms with E-state index in [4.69, 9.17) is 32.7 Å². The van der Waals surface area contributed by atoms with Gasteiger partial charge < -0.3 is 14.8 Å². The quantitative estimate of drug-likeness (QED) is 0.702. The lowest BCUT2D eigenvalue weighted by atomic mass is 10.2. The lowest BCUT2D eigenvalue weighted by Gasteiger charge is -2.14. The Hall–Kier alpha value is -0.480. The maximum atomic E-state index is 6.15. The molecule has 0 unspecified atom stereocenters. The van der Waals surface area contributed by atoms with E-state index >= 15 is 0 Å². The Balaban J connectivity index is 2.51. The molecule has 5 heteroatoms. The summed E-state index contributed by atoms with van der Waals surface area (Å²) < 4.78 is 11.1. The number of benzene rings is 1. The van der Waals surface area contributed by atoms with Gasteiger partial charge in [0, 0.05) is 23.7 Å². The van der Waals surface area contributed by atoms with E-state index < -0.39 is 0 Å². The zero-order valence-corrected chi connectivity index (χ0v) is 13.0. The van der Waals surface area contributed by atoms with Crippen molar-refractivity contribution in [2.45, 2.75) is 26.3 Å². The van der Waals surface area contributed by atoms with Crippen LogP contribution < -0.4 is 10.1 Å². The third-order valence-corrected chi connectivity index (χ3v) is 3.07. The summed E-state index contributed by atoms with van der Waals surface area (Å²) in [5.74, 6) is 0.680. The summed E-state index contributed by atoms with van der Waals surface area (Å²) in [5, 5.41) is 4.22. The van der Waals surface area contributed by atoms with Crippen molar-refractivity contribution >= 4 is 23.2 Å². The molecule has 1 aromatic carbocycles. The third-order valence-electron chi connectivity index (χ3n) is 2.57. The predicted molar refractivity (Wildman–Crippen MR) is 80.4 cm³/mol. The first-order valence-electron chi connectivity index (χ1n) is 6.52. The molecule has 0 saturated carbocycles. The van der Waals surface area contributed by atoms with Crippen LogP contribution in [0.2, 0.25) is 10.0 Å². The topological polar surface area (TPSA) is 30.5 Å². The number of unbranched alkanes of at least 4 members (excludes halogenated alkanes) is 1. The minimum Gasteiger partial charge on any atom is -0.489 e. The van der Waals surface area contributed by atoms with Gasteiger partial charge in [-0.15, -0.1) is 0 Å². The molecule has 0 aliphatic rings. The molecule has 1 N–H and O–H groups in total. The van der Waals surface area contributed by atoms with Crippen LogP contribution in [0.3, 0.4) is 0 Å². The minimum atomic E-state index is 0.488. The fraction of sp³-hybridized carbons (Fsp3) is 0.571. The highest BCUT2D eigenvalue weighted by Crippen LogP contribution is 2.32. The lowest BCUT2D eigenvalue weighted by Crippen LogP contribution is -2.11. The summed E-state index contributed by atoms with van der Waals surface area (Å²) in [4.78, 5) is 0. The first-order chi connectivity index (χ1) is 9.19. The number of halogens is 2. The van der Waals surface area contributed by atoms with Gasteiger partial charge in [-0.05, 0) is 25.6 Å². The van der Waals surface area contributed by atoms with Crippen LogP contribution in [0.5, 0.6) is 5.75 Å². The zero-order chi connectivity index (χ0) is 14.1. The van der Waals surface area contributed by atoms with Crippen LogP contribution in [0.15, 0.2) is 12.1 Å². The molecular formula is C14H21Cl2NO2. The Morgan fingerprint density at radius 2 is 1.95 bits per heavy atom. The van der Waals surface area contributed by atoms with Crippen molar-refractivity contribution < 1.29 is 9.47 Å². The fourth-order valence-corrected chi connectivity index (χ4v) is 2.24. The van der Waals surface area contributed by atoms with Crippen LogP contribution in [-0.2, 0) is 11.3 Å². The van der Waals surface area contributed by atoms with Crippen LogP contribution in [0.25, 0.3) is 0 Å². The molecule has 3 nitrogen and oxygen atoms in total. The standard InChI is InChI=1S/C14H21Cl2NO2/c1-3-4-5-18-6-7-19-14-11(10-17-2)8-12(15)9-13(14)16/h8-9,17H,3-7,10H2,1-2H3. The summed E-state index contributed by atoms with van der Waals surface area (Å²) in [6, 6.07) is 3.55. The Labute approximate surface area is 125 Å². The number of ether oxygens (including phenoxy) is 2. The van der Waals surface area contributed by atoms with Crippen molar-refractivity contribution in [2.75, 3.05) is 26.9 Å². The average Bonchev–Trinajstić information content (AvgIpc) is 2.36. The second-order valence-electron chi connectivity index (χ2n) is 4.22. The van der Waals surface area contributed by atoms with E-state index in [9.17, 15) is 0 Å². The molecule has 1 rings (SSSR count). The molecule has 0 bridgehead atoms. The Bertz CT molecular complexity index is 386. The molecule has 108 valence electrons. The first kappa shape index (κ1) is 16.6. The van der Waals surface area contributed by atoms with Gasteiger partial charge in [0.15, 0.2) is 0 Å². The van der Waals surface area contributed by atoms with Crippen LogP contribution in [-0.4, -0.2) is 26.9 Å². The van der Waals surface area contributed by atoms with Crippen LogP contribution >= 0.6 is 23.2 Å². The highest BCUT2D eigenvalue weighted by atomic mass is 35.5. The van der Waals surface area contributed by atoms with E-state index in [0.717, 1.165) is 25.0 Å². The van der Waals surface area contributed by atoms with E-state index in [-0.39, 0.29) is 0 Å². The van der Waals surface area contributed by atoms with Crippen molar-refractivity contribution in [3.8, 4) is 5.75 Å². The van der Waals surface area contributed by atoms with E-state index in [1.807, 2.05) is 13.1 Å². The summed E-state index contributed by atoms with van der Waals surface area (Å²) in [6.07, 6.45) is 2.21. The average molecular weight is 306 g/mol. The van der Waals surface area contributed by atoms with Gasteiger partial charge in [-0.25, -0.2) is 0 Å². The largest absolute Gasteiger partial charge is 0.489 e. The molecule has 19 heavy (non-hydrogen) atoms. The summed E-state index contributed by atoms with van der Waals surface area (Å²) in [5.41, 5.74) is 0.952. The van der Waals surface area contributed by atoms with Gasteiger partial charge in [0.1, 0.15) is 12.4 Å². The third kappa shape index (κ3) is 6.00. The SMILES string of the molecule is CCCCOCCOc1c(Cl)cc(Cl)cc1CNC. The van der Waals surface area contributed by atoms with Crippen molar-refractivity contribution in [2.24, 2.45) is 0 Å². The van der Waals surface area contributed by atoms with E-state index in [0.29, 0.717) is 35.6 Å². The smallest absolute Gasteiger partial charge is 0.142 e. The maximum absolute atomic E-state index is 6.15. The number of nitrogens with one attached hydrogen (secondary N) is 1. The van der Waals surface area contributed by atoms with Gasteiger partial charge in [-0.3, -0.25) is 0 Å². The Morgan fingerprint density at radius 3 is 2.63 bits per heavy atom. The fourth-order valence-electron chi connectivity index (χ4n) is 1.65. The van der Waals surface area contributed by atoms with E-state index in [1.165, 1.54) is 0 Å². The monoisotopic (exact) mass is 305 g/mol. The highest BCUT2D eigenvalue weighted by molar-refractivity contribution is 6.35. The predicted octanol–water partition coefficient (Wildman–Crippen LogP) is 3.91. The molecule has 0 amide bonds. The van der Waals surface area contributed by atoms with Crippen molar-refractivity contribution in [3.05, 3.63) is 27.7 Å². The molecule has 0 aromatic heterocycles. The van der Waals surface area contributed by atoms with Gasteiger partial charge in [0.05, 0.1) is 11.6 Å². The zero-order valence-electron chi connectivity index (χ0n) is 11.5. The van der Waals surface area contributed by atoms with Gasteiger partial charge in [-0.2, -0.15) is 0 Å². The number of hydrogen-bond donors (Lipinski definition) is 1. The highest BCUT2D eigenvalue weighted by Gasteiger charge is 2.10. The second kappa shape index (κ2) is 9.43. The molecule has 1 aromatic rings. The van der Waals surface area contributed by atoms with E-state index in [2.05, 4.69) is 12.2 Å². The molecule has 0 fully saturated rings. The van der Waals surface area contributed by atoms with Crippen LogP contribution in [0.4, 0.5) is 0 Å². The second-order valence-corrected chi connectivity index (χ2v) is 5.06. The van der Waals surface area contributed by atoms with E-state index in [1.54, 1.807) is 6.07 Å². The van der Waals surface area contributed by atoms with Crippen molar-refractivity contribution in [3.63, 3.8) is 0 Å². The molecule has 0 heterocycles. The van der Waals surface area contributed by atoms with Crippen molar-refractivity contribution in [1.82, 2.24) is 5.32 Å². The first-order valence-corrected chi connectivity index (χ1v) is 7.27. The van der Waals surface area contributed by atoms with Gasteiger partial charge in [0.2, 0.25) is 0 Å². The molecule has 0 spiro atoms. The maximum Gasteiger partial charge on any atom is 0.142 e. The summed E-state index contributed by atoms with van der Waals surface area (Å²) >= 11 is 12.1. The normalized spacial score (nSPS) is 10.7. The lowest BCUT2D eigenvalue weighted by molar-refractivity contribution is 0.0977. The minimum absolute atomic E-state index is 0.488.